The van der Waals surface area contributed by atoms with Crippen molar-refractivity contribution in [2.75, 3.05) is 19.0 Å². The first-order chi connectivity index (χ1) is 19.5. The summed E-state index contributed by atoms with van der Waals surface area (Å²) < 4.78 is 10.6. The van der Waals surface area contributed by atoms with Gasteiger partial charge in [-0.15, -0.1) is 0 Å². The van der Waals surface area contributed by atoms with Crippen LogP contribution in [0.1, 0.15) is 40.3 Å². The highest BCUT2D eigenvalue weighted by molar-refractivity contribution is 5.88. The van der Waals surface area contributed by atoms with Crippen molar-refractivity contribution in [3.8, 4) is 16.9 Å². The Balaban J connectivity index is 1.24. The number of fused-ring (bicyclic) bond motifs is 1. The van der Waals surface area contributed by atoms with Gasteiger partial charge in [0, 0.05) is 31.6 Å². The van der Waals surface area contributed by atoms with Crippen molar-refractivity contribution in [2.45, 2.75) is 38.8 Å². The molecule has 0 bridgehead atoms. The summed E-state index contributed by atoms with van der Waals surface area (Å²) in [6.45, 7) is 3.20. The highest BCUT2D eigenvalue weighted by Gasteiger charge is 2.43. The van der Waals surface area contributed by atoms with Crippen molar-refractivity contribution in [2.24, 2.45) is 5.92 Å². The van der Waals surface area contributed by atoms with Crippen molar-refractivity contribution in [1.82, 2.24) is 15.4 Å². The fourth-order valence-electron chi connectivity index (χ4n) is 5.61. The Bertz CT molecular complexity index is 1550. The van der Waals surface area contributed by atoms with Crippen LogP contribution in [0.25, 0.3) is 11.1 Å². The number of nitrogens with one attached hydrogen (secondary N) is 2. The predicted octanol–water partition coefficient (Wildman–Crippen LogP) is 5.67. The summed E-state index contributed by atoms with van der Waals surface area (Å²) >= 11 is 0. The maximum absolute atomic E-state index is 13.1. The number of aryl methyl sites for hydroxylation is 1. The number of urea groups is 1. The van der Waals surface area contributed by atoms with E-state index in [2.05, 4.69) is 46.1 Å². The van der Waals surface area contributed by atoms with E-state index < -0.39 is 0 Å². The summed E-state index contributed by atoms with van der Waals surface area (Å²) in [6, 6.07) is 23.8. The summed E-state index contributed by atoms with van der Waals surface area (Å²) in [7, 11) is 1.66. The first-order valence-corrected chi connectivity index (χ1v) is 13.6. The number of hydrogen-bond donors (Lipinski definition) is 2. The SMILES string of the molecule is COc1cccc(-c2ccc(CNC(=O)[C@@H]3C[C@H]3c3ccccc3)c3c2CCN(C(=O)Nc2cc(C)no2)C3)c1. The Morgan fingerprint density at radius 3 is 2.67 bits per heavy atom. The molecule has 2 atom stereocenters. The molecular formula is C32H32N4O4. The molecular weight excluding hydrogens is 504 g/mol. The van der Waals surface area contributed by atoms with Crippen LogP contribution in [0.15, 0.2) is 77.3 Å². The van der Waals surface area contributed by atoms with Gasteiger partial charge in [0.1, 0.15) is 5.75 Å². The molecule has 1 aromatic heterocycles. The molecule has 1 saturated carbocycles. The van der Waals surface area contributed by atoms with Gasteiger partial charge in [-0.1, -0.05) is 59.8 Å². The topological polar surface area (TPSA) is 96.7 Å². The highest BCUT2D eigenvalue weighted by atomic mass is 16.5. The molecule has 2 heterocycles. The van der Waals surface area contributed by atoms with Crippen LogP contribution in [-0.4, -0.2) is 35.6 Å². The van der Waals surface area contributed by atoms with E-state index in [4.69, 9.17) is 9.26 Å². The maximum atomic E-state index is 13.1. The first-order valence-electron chi connectivity index (χ1n) is 13.6. The van der Waals surface area contributed by atoms with Crippen LogP contribution in [0.3, 0.4) is 0 Å². The van der Waals surface area contributed by atoms with Gasteiger partial charge in [-0.05, 0) is 71.2 Å². The summed E-state index contributed by atoms with van der Waals surface area (Å²) in [5.74, 6) is 1.47. The maximum Gasteiger partial charge on any atom is 0.324 e. The molecule has 40 heavy (non-hydrogen) atoms. The fraction of sp³-hybridized carbons (Fsp3) is 0.281. The molecule has 8 heteroatoms. The summed E-state index contributed by atoms with van der Waals surface area (Å²) in [5, 5.41) is 9.83. The Hall–Kier alpha value is -4.59. The quantitative estimate of drug-likeness (QED) is 0.317. The molecule has 3 amide bonds. The third kappa shape index (κ3) is 5.30. The lowest BCUT2D eigenvalue weighted by atomic mass is 9.87. The van der Waals surface area contributed by atoms with Gasteiger partial charge >= 0.3 is 6.03 Å². The smallest absolute Gasteiger partial charge is 0.324 e. The van der Waals surface area contributed by atoms with Crippen LogP contribution in [0.2, 0.25) is 0 Å². The van der Waals surface area contributed by atoms with Crippen molar-refractivity contribution >= 4 is 17.8 Å². The van der Waals surface area contributed by atoms with Gasteiger partial charge < -0.3 is 19.5 Å². The molecule has 2 N–H and O–H groups in total. The highest BCUT2D eigenvalue weighted by Crippen LogP contribution is 2.47. The summed E-state index contributed by atoms with van der Waals surface area (Å²) in [5.41, 5.74) is 7.35. The molecule has 0 saturated heterocycles. The van der Waals surface area contributed by atoms with Crippen molar-refractivity contribution in [1.29, 1.82) is 0 Å². The second-order valence-corrected chi connectivity index (χ2v) is 10.5. The second-order valence-electron chi connectivity index (χ2n) is 10.5. The minimum Gasteiger partial charge on any atom is -0.497 e. The molecule has 0 radical (unpaired) electrons. The summed E-state index contributed by atoms with van der Waals surface area (Å²) in [4.78, 5) is 27.9. The van der Waals surface area contributed by atoms with Crippen molar-refractivity contribution in [3.05, 3.63) is 101 Å². The molecule has 2 aliphatic rings. The number of carbonyl (C=O) groups excluding carboxylic acids is 2. The van der Waals surface area contributed by atoms with E-state index in [0.717, 1.165) is 34.4 Å². The Morgan fingerprint density at radius 1 is 1.05 bits per heavy atom. The zero-order valence-electron chi connectivity index (χ0n) is 22.6. The van der Waals surface area contributed by atoms with Gasteiger partial charge in [0.05, 0.1) is 12.8 Å². The lowest BCUT2D eigenvalue weighted by Gasteiger charge is -2.32. The lowest BCUT2D eigenvalue weighted by Crippen LogP contribution is -2.39. The molecule has 1 aliphatic heterocycles. The average molecular weight is 537 g/mol. The molecule has 4 aromatic rings. The monoisotopic (exact) mass is 536 g/mol. The molecule has 1 fully saturated rings. The number of nitrogens with zero attached hydrogens (tertiary/aromatic N) is 2. The number of benzene rings is 3. The lowest BCUT2D eigenvalue weighted by molar-refractivity contribution is -0.122. The minimum atomic E-state index is -0.243. The van der Waals surface area contributed by atoms with Crippen LogP contribution < -0.4 is 15.4 Å². The van der Waals surface area contributed by atoms with Crippen LogP contribution >= 0.6 is 0 Å². The van der Waals surface area contributed by atoms with Crippen LogP contribution in [0, 0.1) is 12.8 Å². The fourth-order valence-corrected chi connectivity index (χ4v) is 5.61. The summed E-state index contributed by atoms with van der Waals surface area (Å²) in [6.07, 6.45) is 1.56. The number of amides is 3. The van der Waals surface area contributed by atoms with Crippen molar-refractivity contribution in [3.63, 3.8) is 0 Å². The van der Waals surface area contributed by atoms with Crippen LogP contribution in [0.4, 0.5) is 10.7 Å². The number of rotatable bonds is 7. The average Bonchev–Trinajstić information content (AvgIpc) is 3.70. The first kappa shape index (κ1) is 25.7. The standard InChI is InChI=1S/C32H32N4O4/c1-20-15-30(40-35-20)34-32(38)36-14-13-26-25(22-9-6-10-24(16-22)39-2)12-11-23(29(26)19-36)18-33-31(37)28-17-27(28)21-7-4-3-5-8-21/h3-12,15-16,27-28H,13-14,17-19H2,1-2H3,(H,33,37)(H,34,38)/t27-,28+/m0/s1. The van der Waals surface area contributed by atoms with Crippen molar-refractivity contribution < 1.29 is 18.8 Å². The van der Waals surface area contributed by atoms with E-state index in [1.165, 1.54) is 11.1 Å². The van der Waals surface area contributed by atoms with Gasteiger partial charge in [0.2, 0.25) is 11.8 Å². The molecule has 0 unspecified atom stereocenters. The van der Waals surface area contributed by atoms with E-state index >= 15 is 0 Å². The minimum absolute atomic E-state index is 0.00178. The molecule has 1 aliphatic carbocycles. The Labute approximate surface area is 233 Å². The number of aromatic nitrogens is 1. The number of anilines is 1. The Morgan fingerprint density at radius 2 is 1.90 bits per heavy atom. The normalized spacial score (nSPS) is 17.6. The van der Waals surface area contributed by atoms with E-state index in [0.29, 0.717) is 37.6 Å². The van der Waals surface area contributed by atoms with Gasteiger partial charge in [0.25, 0.3) is 0 Å². The van der Waals surface area contributed by atoms with E-state index in [1.54, 1.807) is 25.0 Å². The van der Waals surface area contributed by atoms with Crippen LogP contribution in [0.5, 0.6) is 5.75 Å². The van der Waals surface area contributed by atoms with Gasteiger partial charge in [0.15, 0.2) is 0 Å². The number of ether oxygens (including phenoxy) is 1. The Kier molecular flexibility index (Phi) is 6.99. The third-order valence-electron chi connectivity index (χ3n) is 7.84. The van der Waals surface area contributed by atoms with E-state index in [1.807, 2.05) is 36.4 Å². The van der Waals surface area contributed by atoms with Gasteiger partial charge in [-0.2, -0.15) is 0 Å². The van der Waals surface area contributed by atoms with Gasteiger partial charge in [-0.3, -0.25) is 10.1 Å². The number of hydrogen-bond acceptors (Lipinski definition) is 5. The molecule has 204 valence electrons. The third-order valence-corrected chi connectivity index (χ3v) is 7.84. The van der Waals surface area contributed by atoms with E-state index in [9.17, 15) is 9.59 Å². The predicted molar refractivity (Wildman–Crippen MR) is 152 cm³/mol. The van der Waals surface area contributed by atoms with Crippen LogP contribution in [-0.2, 0) is 24.3 Å². The molecule has 0 spiro atoms. The molecule has 3 aromatic carbocycles. The van der Waals surface area contributed by atoms with Gasteiger partial charge in [-0.25, -0.2) is 4.79 Å². The second kappa shape index (κ2) is 10.9. The van der Waals surface area contributed by atoms with E-state index in [-0.39, 0.29) is 23.8 Å². The zero-order valence-corrected chi connectivity index (χ0v) is 22.6. The molecule has 6 rings (SSSR count). The number of carbonyl (C=O) groups is 2. The largest absolute Gasteiger partial charge is 0.497 e. The zero-order chi connectivity index (χ0) is 27.6. The molecule has 8 nitrogen and oxygen atoms in total. The number of methoxy groups -OCH3 is 1.